The fourth-order valence-corrected chi connectivity index (χ4v) is 14.5. The molecule has 2 saturated carbocycles. The summed E-state index contributed by atoms with van der Waals surface area (Å²) < 4.78 is 69.8. The number of fused-ring (bicyclic) bond motifs is 4. The summed E-state index contributed by atoms with van der Waals surface area (Å²) in [5.41, 5.74) is 1.55. The number of amides is 2. The number of hydrogen-bond donors (Lipinski definition) is 3. The molecule has 13 nitrogen and oxygen atoms in total. The molecule has 8 aliphatic rings. The molecule has 74 heavy (non-hydrogen) atoms. The summed E-state index contributed by atoms with van der Waals surface area (Å²) in [6, 6.07) is 10.0. The van der Waals surface area contributed by atoms with E-state index in [2.05, 4.69) is 35.2 Å². The van der Waals surface area contributed by atoms with Crippen molar-refractivity contribution in [2.75, 3.05) is 75.3 Å². The van der Waals surface area contributed by atoms with Gasteiger partial charge in [-0.25, -0.2) is 17.6 Å². The van der Waals surface area contributed by atoms with Crippen LogP contribution >= 0.6 is 0 Å². The van der Waals surface area contributed by atoms with Crippen molar-refractivity contribution in [3.8, 4) is 23.0 Å². The number of nitrogens with zero attached hydrogens (tertiary/aromatic N) is 7. The monoisotopic (exact) mass is 1020 g/mol. The van der Waals surface area contributed by atoms with Gasteiger partial charge in [0, 0.05) is 104 Å². The number of imide groups is 1. The number of aromatic hydroxyl groups is 1. The van der Waals surface area contributed by atoms with Gasteiger partial charge < -0.3 is 29.9 Å². The van der Waals surface area contributed by atoms with E-state index in [9.17, 15) is 14.7 Å². The number of piperidine rings is 2. The van der Waals surface area contributed by atoms with E-state index in [-0.39, 0.29) is 52.2 Å². The highest BCUT2D eigenvalue weighted by Gasteiger charge is 2.52. The Bertz CT molecular complexity index is 3040. The molecule has 2 spiro atoms. The third-order valence-corrected chi connectivity index (χ3v) is 18.9. The smallest absolute Gasteiger partial charge is 0.319 e. The molecular formula is C57H65F4N9O4. The van der Waals surface area contributed by atoms with Gasteiger partial charge in [-0.3, -0.25) is 24.8 Å². The van der Waals surface area contributed by atoms with Gasteiger partial charge in [0.1, 0.15) is 40.2 Å². The molecule has 2 bridgehead atoms. The number of carbonyl (C=O) groups excluding carboxylic acids is 2. The van der Waals surface area contributed by atoms with Crippen molar-refractivity contribution < 1.29 is 37.0 Å². The molecule has 8 heterocycles. The Morgan fingerprint density at radius 2 is 1.53 bits per heavy atom. The predicted octanol–water partition coefficient (Wildman–Crippen LogP) is 8.53. The minimum Gasteiger partial charge on any atom is -0.508 e. The van der Waals surface area contributed by atoms with Crippen molar-refractivity contribution in [3.63, 3.8) is 0 Å². The van der Waals surface area contributed by atoms with Crippen molar-refractivity contribution in [1.29, 1.82) is 0 Å². The van der Waals surface area contributed by atoms with Crippen LogP contribution < -0.4 is 25.2 Å². The third-order valence-electron chi connectivity index (χ3n) is 18.9. The van der Waals surface area contributed by atoms with Crippen LogP contribution in [0.25, 0.3) is 32.9 Å². The highest BCUT2D eigenvalue weighted by molar-refractivity contribution is 6.02. The highest BCUT2D eigenvalue weighted by atomic mass is 19.1. The topological polar surface area (TPSA) is 139 Å². The number of benzene rings is 3. The number of carbonyl (C=O) groups is 2. The molecule has 3 unspecified atom stereocenters. The Kier molecular flexibility index (Phi) is 11.9. The molecule has 6 aliphatic heterocycles. The second-order valence-corrected chi connectivity index (χ2v) is 23.7. The van der Waals surface area contributed by atoms with Crippen LogP contribution in [0.1, 0.15) is 107 Å². The third kappa shape index (κ3) is 8.62. The molecule has 3 N–H and O–H groups in total. The van der Waals surface area contributed by atoms with E-state index in [1.807, 2.05) is 6.92 Å². The maximum Gasteiger partial charge on any atom is 0.319 e. The number of aromatic nitrogens is 3. The molecule has 17 heteroatoms. The van der Waals surface area contributed by atoms with Gasteiger partial charge in [-0.1, -0.05) is 13.0 Å². The summed E-state index contributed by atoms with van der Waals surface area (Å²) in [5, 5.41) is 18.3. The normalized spacial score (nSPS) is 25.6. The lowest BCUT2D eigenvalue weighted by atomic mass is 9.65. The van der Waals surface area contributed by atoms with Crippen molar-refractivity contribution in [2.45, 2.75) is 121 Å². The molecule has 3 atom stereocenters. The molecule has 13 rings (SSSR count). The average molecular weight is 1020 g/mol. The Hall–Kier alpha value is -5.65. The van der Waals surface area contributed by atoms with Crippen LogP contribution in [0.15, 0.2) is 42.6 Å². The number of likely N-dealkylation sites (tertiary alicyclic amines) is 2. The van der Waals surface area contributed by atoms with Crippen LogP contribution in [-0.2, 0) is 16.0 Å². The fraction of sp³-hybridized carbons (Fsp3) is 0.561. The van der Waals surface area contributed by atoms with E-state index in [4.69, 9.17) is 14.7 Å². The summed E-state index contributed by atoms with van der Waals surface area (Å²) in [4.78, 5) is 48.0. The van der Waals surface area contributed by atoms with Crippen molar-refractivity contribution in [3.05, 3.63) is 77.0 Å². The number of nitrogens with one attached hydrogen (secondary N) is 2. The van der Waals surface area contributed by atoms with E-state index in [0.29, 0.717) is 75.4 Å². The van der Waals surface area contributed by atoms with Crippen LogP contribution in [0, 0.1) is 39.5 Å². The number of phenolic OH excluding ortho intramolecular Hbond substituents is 1. The summed E-state index contributed by atoms with van der Waals surface area (Å²) in [7, 11) is 0. The maximum atomic E-state index is 17.2. The van der Waals surface area contributed by atoms with Gasteiger partial charge >= 0.3 is 6.01 Å². The highest BCUT2D eigenvalue weighted by Crippen LogP contribution is 2.52. The number of anilines is 2. The molecule has 390 valence electrons. The summed E-state index contributed by atoms with van der Waals surface area (Å²) in [6.45, 7) is 10.3. The second-order valence-electron chi connectivity index (χ2n) is 23.7. The zero-order valence-corrected chi connectivity index (χ0v) is 42.1. The number of piperazine rings is 1. The van der Waals surface area contributed by atoms with E-state index in [1.165, 1.54) is 62.8 Å². The molecule has 5 aromatic rings. The standard InChI is InChI=1S/C57H65F4N9O4/c1-2-39-43(58)7-3-33-21-38(71)24-41(47(33)39)50-49(61)51-42(25-62-50)52(69-26-34-4-5-35(27-69)63-34)66-54(65-51)74-32-56(13-14-56)28-67-18-15-55(16-19-67)11-9-36(10-12-55)70-30-57(31-70)17-20-68(29-57)37-22-44(59)48(45(60)23-37)40-6-8-46(72)64-53(40)73/h3,7,21-25,34-36,40,63,71H,2,4-6,8-20,26-32H2,1H3,(H,64,72,73). The number of hydrogen-bond acceptors (Lipinski definition) is 12. The van der Waals surface area contributed by atoms with Crippen LogP contribution in [-0.4, -0.2) is 125 Å². The van der Waals surface area contributed by atoms with Crippen molar-refractivity contribution >= 4 is 45.0 Å². The number of pyridine rings is 1. The number of phenols is 1. The molecule has 0 radical (unpaired) electrons. The molecule has 6 saturated heterocycles. The van der Waals surface area contributed by atoms with E-state index in [0.717, 1.165) is 91.0 Å². The largest absolute Gasteiger partial charge is 0.508 e. The minimum atomic E-state index is -1.00. The first-order valence-corrected chi connectivity index (χ1v) is 27.2. The molecule has 3 aromatic carbocycles. The zero-order chi connectivity index (χ0) is 50.7. The predicted molar refractivity (Wildman–Crippen MR) is 273 cm³/mol. The van der Waals surface area contributed by atoms with E-state index >= 15 is 17.6 Å². The van der Waals surface area contributed by atoms with Crippen molar-refractivity contribution in [2.24, 2.45) is 16.2 Å². The van der Waals surface area contributed by atoms with Gasteiger partial charge in [0.05, 0.1) is 17.9 Å². The summed E-state index contributed by atoms with van der Waals surface area (Å²) in [5.74, 6) is -4.03. The van der Waals surface area contributed by atoms with E-state index in [1.54, 1.807) is 18.3 Å². The number of ether oxygens (including phenoxy) is 1. The van der Waals surface area contributed by atoms with Crippen LogP contribution in [0.3, 0.4) is 0 Å². The maximum absolute atomic E-state index is 17.2. The quantitative estimate of drug-likeness (QED) is 0.0864. The SMILES string of the molecule is CCc1c(F)ccc2cc(O)cc(-c3ncc4c(N5CC6CCC(C5)N6)nc(OCC5(CN6CCC7(CCC(N8CC9(CCN(c%10cc(F)c(C%11CCC(=O)NC%11=O)c(F)c%10)C9)C8)CC7)CC6)CC5)nc4c3F)c12. The van der Waals surface area contributed by atoms with Crippen LogP contribution in [0.5, 0.6) is 11.8 Å². The van der Waals surface area contributed by atoms with Crippen molar-refractivity contribution in [1.82, 2.24) is 35.4 Å². The zero-order valence-electron chi connectivity index (χ0n) is 42.1. The average Bonchev–Trinajstić information content (AvgIpc) is 3.84. The van der Waals surface area contributed by atoms with Gasteiger partial charge in [-0.2, -0.15) is 9.97 Å². The summed E-state index contributed by atoms with van der Waals surface area (Å²) in [6.07, 6.45) is 14.6. The fourth-order valence-electron chi connectivity index (χ4n) is 14.5. The molecule has 2 aromatic heterocycles. The Labute approximate surface area is 428 Å². The van der Waals surface area contributed by atoms with Gasteiger partial charge in [-0.05, 0) is 149 Å². The molecular weight excluding hydrogens is 951 g/mol. The molecule has 2 amide bonds. The lowest BCUT2D eigenvalue weighted by Gasteiger charge is -2.55. The lowest BCUT2D eigenvalue weighted by Crippen LogP contribution is -2.61. The second kappa shape index (κ2) is 18.3. The summed E-state index contributed by atoms with van der Waals surface area (Å²) >= 11 is 0. The van der Waals surface area contributed by atoms with Gasteiger partial charge in [0.25, 0.3) is 0 Å². The molecule has 8 fully saturated rings. The van der Waals surface area contributed by atoms with Gasteiger partial charge in [0.15, 0.2) is 5.82 Å². The molecule has 2 aliphatic carbocycles. The number of halogens is 4. The van der Waals surface area contributed by atoms with Gasteiger partial charge in [0.2, 0.25) is 11.8 Å². The van der Waals surface area contributed by atoms with E-state index < -0.39 is 41.0 Å². The lowest BCUT2D eigenvalue weighted by molar-refractivity contribution is -0.134. The Morgan fingerprint density at radius 3 is 2.23 bits per heavy atom. The number of aryl methyl sites for hydroxylation is 1. The van der Waals surface area contributed by atoms with Gasteiger partial charge in [-0.15, -0.1) is 0 Å². The number of rotatable bonds is 11. The minimum absolute atomic E-state index is 0.00986. The first kappa shape index (κ1) is 48.0. The Morgan fingerprint density at radius 1 is 0.797 bits per heavy atom. The van der Waals surface area contributed by atoms with Crippen LogP contribution in [0.4, 0.5) is 29.1 Å². The van der Waals surface area contributed by atoms with Crippen LogP contribution in [0.2, 0.25) is 0 Å². The first-order chi connectivity index (χ1) is 35.7. The first-order valence-electron chi connectivity index (χ1n) is 27.2. The Balaban J connectivity index is 0.637.